The third kappa shape index (κ3) is 2.31. The Morgan fingerprint density at radius 2 is 1.90 bits per heavy atom. The van der Waals surface area contributed by atoms with Crippen molar-refractivity contribution >= 4 is 30.6 Å². The van der Waals surface area contributed by atoms with Crippen LogP contribution < -0.4 is 14.9 Å². The molecule has 0 aliphatic carbocycles. The number of halogens is 1. The second-order valence-corrected chi connectivity index (χ2v) is 4.98. The molecule has 2 heterocycles. The molecule has 0 aliphatic rings. The van der Waals surface area contributed by atoms with E-state index < -0.39 is 0 Å². The van der Waals surface area contributed by atoms with Crippen LogP contribution in [0.25, 0.3) is 16.9 Å². The minimum Gasteiger partial charge on any atom is -0.493 e. The van der Waals surface area contributed by atoms with E-state index in [4.69, 9.17) is 21.1 Å². The van der Waals surface area contributed by atoms with Crippen LogP contribution in [-0.2, 0) is 0 Å². The maximum absolute atomic E-state index is 6.26. The Hall–Kier alpha value is -2.21. The molecular formula is C14H13BClN3O2. The van der Waals surface area contributed by atoms with Crippen molar-refractivity contribution < 1.29 is 9.47 Å². The molecule has 0 saturated heterocycles. The van der Waals surface area contributed by atoms with Gasteiger partial charge in [0.25, 0.3) is 0 Å². The molecule has 0 saturated carbocycles. The van der Waals surface area contributed by atoms with E-state index in [0.717, 1.165) is 22.4 Å². The highest BCUT2D eigenvalue weighted by molar-refractivity contribution is 6.36. The molecular weight excluding hydrogens is 288 g/mol. The number of ether oxygens (including phenoxy) is 2. The normalized spacial score (nSPS) is 10.8. The molecule has 0 atom stereocenters. The van der Waals surface area contributed by atoms with E-state index in [0.29, 0.717) is 16.7 Å². The van der Waals surface area contributed by atoms with Crippen LogP contribution in [0.5, 0.6) is 11.5 Å². The van der Waals surface area contributed by atoms with Crippen LogP contribution in [0, 0.1) is 0 Å². The second-order valence-electron chi connectivity index (χ2n) is 4.60. The zero-order valence-corrected chi connectivity index (χ0v) is 12.7. The van der Waals surface area contributed by atoms with Gasteiger partial charge in [0.2, 0.25) is 0 Å². The van der Waals surface area contributed by atoms with Crippen molar-refractivity contribution in [2.24, 2.45) is 0 Å². The van der Waals surface area contributed by atoms with Crippen molar-refractivity contribution in [1.29, 1.82) is 0 Å². The molecule has 5 nitrogen and oxygen atoms in total. The number of rotatable bonds is 3. The largest absolute Gasteiger partial charge is 0.493 e. The maximum Gasteiger partial charge on any atom is 0.161 e. The summed E-state index contributed by atoms with van der Waals surface area (Å²) in [7, 11) is 5.16. The summed E-state index contributed by atoms with van der Waals surface area (Å²) >= 11 is 6.26. The molecule has 2 aromatic heterocycles. The first kappa shape index (κ1) is 13.8. The molecule has 0 aliphatic heterocycles. The van der Waals surface area contributed by atoms with Gasteiger partial charge in [-0.2, -0.15) is 5.10 Å². The number of fused-ring (bicyclic) bond motifs is 1. The zero-order valence-electron chi connectivity index (χ0n) is 11.9. The summed E-state index contributed by atoms with van der Waals surface area (Å²) < 4.78 is 12.2. The molecule has 0 bridgehead atoms. The SMILES string of the molecule is Bc1cnn2c(Cl)cc(-c3ccc(OC)c(OC)c3)nc12. The molecule has 0 N–H and O–H groups in total. The minimum atomic E-state index is 0.512. The standard InChI is InChI=1S/C14H13BClN3O2/c1-20-11-4-3-8(5-12(11)21-2)10-6-13(16)19-14(18-10)9(15)7-17-19/h3-7H,15H2,1-2H3. The molecule has 3 aromatic rings. The Balaban J connectivity index is 2.18. The molecule has 0 unspecified atom stereocenters. The number of hydrogen-bond acceptors (Lipinski definition) is 4. The third-order valence-corrected chi connectivity index (χ3v) is 3.55. The summed E-state index contributed by atoms with van der Waals surface area (Å²) in [5.74, 6) is 1.33. The Labute approximate surface area is 127 Å². The summed E-state index contributed by atoms with van der Waals surface area (Å²) in [6.45, 7) is 0. The van der Waals surface area contributed by atoms with Crippen LogP contribution in [0.3, 0.4) is 0 Å². The van der Waals surface area contributed by atoms with Gasteiger partial charge in [-0.05, 0) is 23.7 Å². The van der Waals surface area contributed by atoms with Crippen LogP contribution in [0.15, 0.2) is 30.5 Å². The van der Waals surface area contributed by atoms with E-state index in [-0.39, 0.29) is 0 Å². The van der Waals surface area contributed by atoms with E-state index in [1.807, 2.05) is 26.0 Å². The first-order valence-corrected chi connectivity index (χ1v) is 6.75. The molecule has 0 fully saturated rings. The van der Waals surface area contributed by atoms with Gasteiger partial charge in [-0.3, -0.25) is 0 Å². The molecule has 21 heavy (non-hydrogen) atoms. The van der Waals surface area contributed by atoms with Crippen molar-refractivity contribution in [2.45, 2.75) is 0 Å². The minimum absolute atomic E-state index is 0.512. The fourth-order valence-electron chi connectivity index (χ4n) is 2.18. The molecule has 7 heteroatoms. The van der Waals surface area contributed by atoms with Crippen LogP contribution in [0.4, 0.5) is 0 Å². The Morgan fingerprint density at radius 3 is 2.62 bits per heavy atom. The molecule has 0 spiro atoms. The molecule has 106 valence electrons. The van der Waals surface area contributed by atoms with Gasteiger partial charge in [0.05, 0.1) is 19.9 Å². The number of hydrogen-bond donors (Lipinski definition) is 0. The topological polar surface area (TPSA) is 48.7 Å². The first-order valence-electron chi connectivity index (χ1n) is 6.37. The van der Waals surface area contributed by atoms with Crippen molar-refractivity contribution in [1.82, 2.24) is 14.6 Å². The quantitative estimate of drug-likeness (QED) is 0.541. The van der Waals surface area contributed by atoms with Gasteiger partial charge < -0.3 is 9.47 Å². The highest BCUT2D eigenvalue weighted by Gasteiger charge is 2.11. The van der Waals surface area contributed by atoms with Gasteiger partial charge in [0.15, 0.2) is 17.1 Å². The fraction of sp³-hybridized carbons (Fsp3) is 0.143. The van der Waals surface area contributed by atoms with Gasteiger partial charge in [-0.15, -0.1) is 0 Å². The summed E-state index contributed by atoms with van der Waals surface area (Å²) in [6.07, 6.45) is 1.74. The van der Waals surface area contributed by atoms with Crippen LogP contribution in [0.1, 0.15) is 0 Å². The Bertz CT molecular complexity index is 819. The second kappa shape index (κ2) is 5.29. The van der Waals surface area contributed by atoms with Gasteiger partial charge in [0.1, 0.15) is 13.0 Å². The van der Waals surface area contributed by atoms with E-state index in [2.05, 4.69) is 10.1 Å². The predicted octanol–water partition coefficient (Wildman–Crippen LogP) is 1.33. The van der Waals surface area contributed by atoms with Gasteiger partial charge >= 0.3 is 0 Å². The van der Waals surface area contributed by atoms with E-state index in [1.54, 1.807) is 31.0 Å². The van der Waals surface area contributed by atoms with Crippen molar-refractivity contribution in [3.05, 3.63) is 35.6 Å². The molecule has 1 aromatic carbocycles. The van der Waals surface area contributed by atoms with E-state index >= 15 is 0 Å². The summed E-state index contributed by atoms with van der Waals surface area (Å²) in [6, 6.07) is 7.42. The summed E-state index contributed by atoms with van der Waals surface area (Å²) in [5.41, 5.74) is 3.38. The van der Waals surface area contributed by atoms with Gasteiger partial charge in [0, 0.05) is 17.8 Å². The summed E-state index contributed by atoms with van der Waals surface area (Å²) in [4.78, 5) is 4.62. The lowest BCUT2D eigenvalue weighted by molar-refractivity contribution is 0.355. The van der Waals surface area contributed by atoms with Crippen LogP contribution >= 0.6 is 11.6 Å². The molecule has 3 rings (SSSR count). The van der Waals surface area contributed by atoms with Crippen molar-refractivity contribution in [3.8, 4) is 22.8 Å². The average molecular weight is 302 g/mol. The zero-order chi connectivity index (χ0) is 15.0. The van der Waals surface area contributed by atoms with Gasteiger partial charge in [-0.25, -0.2) is 9.50 Å². The first-order chi connectivity index (χ1) is 10.1. The van der Waals surface area contributed by atoms with E-state index in [9.17, 15) is 0 Å². The number of benzene rings is 1. The third-order valence-electron chi connectivity index (χ3n) is 3.28. The fourth-order valence-corrected chi connectivity index (χ4v) is 2.41. The number of methoxy groups -OCH3 is 2. The Kier molecular flexibility index (Phi) is 3.47. The lowest BCUT2D eigenvalue weighted by Crippen LogP contribution is -2.04. The predicted molar refractivity (Wildman–Crippen MR) is 84.7 cm³/mol. The van der Waals surface area contributed by atoms with Crippen molar-refractivity contribution in [2.75, 3.05) is 14.2 Å². The lowest BCUT2D eigenvalue weighted by atomic mass is 10.0. The molecule has 0 radical (unpaired) electrons. The van der Waals surface area contributed by atoms with Crippen LogP contribution in [-0.4, -0.2) is 36.7 Å². The smallest absolute Gasteiger partial charge is 0.161 e. The lowest BCUT2D eigenvalue weighted by Gasteiger charge is -2.10. The number of aromatic nitrogens is 3. The highest BCUT2D eigenvalue weighted by atomic mass is 35.5. The summed E-state index contributed by atoms with van der Waals surface area (Å²) in [5, 5.41) is 4.70. The highest BCUT2D eigenvalue weighted by Crippen LogP contribution is 2.32. The van der Waals surface area contributed by atoms with Gasteiger partial charge in [-0.1, -0.05) is 11.6 Å². The molecule has 0 amide bonds. The number of nitrogens with zero attached hydrogens (tertiary/aromatic N) is 3. The van der Waals surface area contributed by atoms with Crippen molar-refractivity contribution in [3.63, 3.8) is 0 Å². The Morgan fingerprint density at radius 1 is 1.14 bits per heavy atom. The monoisotopic (exact) mass is 301 g/mol. The van der Waals surface area contributed by atoms with E-state index in [1.165, 1.54) is 0 Å². The maximum atomic E-state index is 6.26. The average Bonchev–Trinajstić information content (AvgIpc) is 2.88. The van der Waals surface area contributed by atoms with Crippen LogP contribution in [0.2, 0.25) is 5.15 Å².